The monoisotopic (exact) mass is 534 g/mol. The third-order valence-electron chi connectivity index (χ3n) is 9.05. The summed E-state index contributed by atoms with van der Waals surface area (Å²) in [6.45, 7) is 15.3. The molecule has 0 aromatic carbocycles. The summed E-state index contributed by atoms with van der Waals surface area (Å²) in [5.41, 5.74) is 1.05. The van der Waals surface area contributed by atoms with Crippen LogP contribution in [0.4, 0.5) is 0 Å². The zero-order valence-electron chi connectivity index (χ0n) is 25.1. The Balaban J connectivity index is 1.46. The molecule has 0 aromatic heterocycles. The summed E-state index contributed by atoms with van der Waals surface area (Å²) in [6.07, 6.45) is 11.0. The van der Waals surface area contributed by atoms with Crippen molar-refractivity contribution >= 4 is 5.91 Å². The number of aliphatic hydroxyl groups is 1. The molecule has 0 spiro atoms. The van der Waals surface area contributed by atoms with Gasteiger partial charge in [0.2, 0.25) is 5.91 Å². The molecule has 9 atom stereocenters. The first kappa shape index (κ1) is 31.3. The lowest BCUT2D eigenvalue weighted by molar-refractivity contribution is -0.128. The van der Waals surface area contributed by atoms with Crippen LogP contribution in [-0.2, 0) is 19.0 Å². The molecular weight excluding hydrogens is 480 g/mol. The number of likely N-dealkylation sites (tertiary alicyclic amines) is 1. The number of epoxide rings is 1. The molecule has 1 amide bonds. The number of carbonyl (C=O) groups is 1. The summed E-state index contributed by atoms with van der Waals surface area (Å²) >= 11 is 0. The van der Waals surface area contributed by atoms with Crippen LogP contribution < -0.4 is 5.32 Å². The number of aliphatic hydroxyl groups excluding tert-OH is 1. The number of allylic oxidation sites excluding steroid dienone is 3. The van der Waals surface area contributed by atoms with Crippen LogP contribution >= 0.6 is 0 Å². The van der Waals surface area contributed by atoms with E-state index in [-0.39, 0.29) is 47.8 Å². The summed E-state index contributed by atoms with van der Waals surface area (Å²) in [4.78, 5) is 14.9. The van der Waals surface area contributed by atoms with Crippen LogP contribution in [0, 0.1) is 23.7 Å². The van der Waals surface area contributed by atoms with Crippen molar-refractivity contribution in [3.05, 3.63) is 23.8 Å². The highest BCUT2D eigenvalue weighted by molar-refractivity contribution is 5.78. The van der Waals surface area contributed by atoms with Gasteiger partial charge < -0.3 is 29.5 Å². The fraction of sp³-hybridized carbons (Fsp3) is 0.839. The molecule has 218 valence electrons. The molecule has 0 aromatic rings. The lowest BCUT2D eigenvalue weighted by Crippen LogP contribution is -2.44. The first-order chi connectivity index (χ1) is 17.9. The second-order valence-corrected chi connectivity index (χ2v) is 12.7. The summed E-state index contributed by atoms with van der Waals surface area (Å²) in [7, 11) is 3.77. The van der Waals surface area contributed by atoms with Gasteiger partial charge in [-0.25, -0.2) is 0 Å². The van der Waals surface area contributed by atoms with Gasteiger partial charge in [0.1, 0.15) is 0 Å². The van der Waals surface area contributed by atoms with Crippen molar-refractivity contribution in [3.8, 4) is 0 Å². The number of hydrogen-bond acceptors (Lipinski definition) is 6. The minimum absolute atomic E-state index is 0.0705. The highest BCUT2D eigenvalue weighted by Gasteiger charge is 2.56. The molecule has 0 saturated carbocycles. The topological polar surface area (TPSA) is 83.6 Å². The second kappa shape index (κ2) is 13.9. The average Bonchev–Trinajstić information content (AvgIpc) is 3.54. The highest BCUT2D eigenvalue weighted by atomic mass is 16.6. The second-order valence-electron chi connectivity index (χ2n) is 12.7. The number of ether oxygens (including phenoxy) is 3. The molecule has 2 N–H and O–H groups in total. The number of rotatable bonds is 12. The van der Waals surface area contributed by atoms with Crippen molar-refractivity contribution in [1.82, 2.24) is 10.2 Å². The molecule has 0 aliphatic carbocycles. The summed E-state index contributed by atoms with van der Waals surface area (Å²) in [5.74, 6) is 1.28. The van der Waals surface area contributed by atoms with Crippen molar-refractivity contribution in [2.24, 2.45) is 23.7 Å². The van der Waals surface area contributed by atoms with E-state index in [0.717, 1.165) is 45.2 Å². The van der Waals surface area contributed by atoms with Crippen molar-refractivity contribution in [3.63, 3.8) is 0 Å². The molecule has 38 heavy (non-hydrogen) atoms. The molecule has 7 nitrogen and oxygen atoms in total. The lowest BCUT2D eigenvalue weighted by atomic mass is 9.85. The van der Waals surface area contributed by atoms with E-state index >= 15 is 0 Å². The van der Waals surface area contributed by atoms with Gasteiger partial charge in [0, 0.05) is 25.5 Å². The third kappa shape index (κ3) is 8.37. The van der Waals surface area contributed by atoms with E-state index in [1.54, 1.807) is 14.0 Å². The summed E-state index contributed by atoms with van der Waals surface area (Å²) in [5, 5.41) is 13.2. The Bertz CT molecular complexity index is 821. The normalized spacial score (nSPS) is 34.6. The van der Waals surface area contributed by atoms with Crippen LogP contribution in [0.15, 0.2) is 23.8 Å². The smallest absolute Gasteiger partial charge is 0.223 e. The average molecular weight is 535 g/mol. The van der Waals surface area contributed by atoms with Crippen LogP contribution in [0.5, 0.6) is 0 Å². The molecule has 0 unspecified atom stereocenters. The van der Waals surface area contributed by atoms with Crippen molar-refractivity contribution in [2.45, 2.75) is 110 Å². The van der Waals surface area contributed by atoms with E-state index in [4.69, 9.17) is 14.2 Å². The minimum Gasteiger partial charge on any atom is -0.391 e. The number of nitrogens with one attached hydrogen (secondary N) is 1. The molecule has 3 rings (SSSR count). The maximum atomic E-state index is 12.6. The molecule has 3 fully saturated rings. The van der Waals surface area contributed by atoms with Gasteiger partial charge in [0.25, 0.3) is 0 Å². The number of piperidine rings is 1. The van der Waals surface area contributed by atoms with Crippen LogP contribution in [0.25, 0.3) is 0 Å². The quantitative estimate of drug-likeness (QED) is 0.286. The van der Waals surface area contributed by atoms with E-state index in [2.05, 4.69) is 70.1 Å². The van der Waals surface area contributed by atoms with Crippen LogP contribution in [0.1, 0.15) is 73.6 Å². The lowest BCUT2D eigenvalue weighted by Gasteiger charge is -2.36. The van der Waals surface area contributed by atoms with Gasteiger partial charge in [-0.3, -0.25) is 4.79 Å². The fourth-order valence-electron chi connectivity index (χ4n) is 6.65. The van der Waals surface area contributed by atoms with Gasteiger partial charge in [-0.05, 0) is 90.4 Å². The van der Waals surface area contributed by atoms with E-state index in [0.29, 0.717) is 18.4 Å². The zero-order valence-corrected chi connectivity index (χ0v) is 25.1. The van der Waals surface area contributed by atoms with Gasteiger partial charge >= 0.3 is 0 Å². The summed E-state index contributed by atoms with van der Waals surface area (Å²) in [6, 6.07) is 0. The van der Waals surface area contributed by atoms with E-state index in [1.165, 1.54) is 5.57 Å². The first-order valence-electron chi connectivity index (χ1n) is 14.8. The van der Waals surface area contributed by atoms with Gasteiger partial charge in [-0.2, -0.15) is 0 Å². The van der Waals surface area contributed by atoms with Crippen molar-refractivity contribution in [2.75, 3.05) is 33.8 Å². The van der Waals surface area contributed by atoms with Crippen molar-refractivity contribution in [1.29, 1.82) is 0 Å². The maximum Gasteiger partial charge on any atom is 0.223 e. The number of carbonyl (C=O) groups excluding carboxylic acids is 1. The van der Waals surface area contributed by atoms with Crippen LogP contribution in [0.2, 0.25) is 0 Å². The third-order valence-corrected chi connectivity index (χ3v) is 9.05. The maximum absolute atomic E-state index is 12.6. The Morgan fingerprint density at radius 1 is 1.21 bits per heavy atom. The van der Waals surface area contributed by atoms with E-state index < -0.39 is 6.10 Å². The number of amides is 1. The minimum atomic E-state index is -0.520. The number of methoxy groups -OCH3 is 1. The molecular formula is C31H54N2O5. The fourth-order valence-corrected chi connectivity index (χ4v) is 6.65. The molecule has 3 saturated heterocycles. The van der Waals surface area contributed by atoms with Gasteiger partial charge in [0.05, 0.1) is 36.1 Å². The Morgan fingerprint density at radius 3 is 2.53 bits per heavy atom. The highest BCUT2D eigenvalue weighted by Crippen LogP contribution is 2.47. The Morgan fingerprint density at radius 2 is 1.89 bits per heavy atom. The predicted octanol–water partition coefficient (Wildman–Crippen LogP) is 4.35. The summed E-state index contributed by atoms with van der Waals surface area (Å²) < 4.78 is 18.1. The molecule has 3 aliphatic rings. The largest absolute Gasteiger partial charge is 0.391 e. The Hall–Kier alpha value is -1.25. The first-order valence-corrected chi connectivity index (χ1v) is 14.8. The van der Waals surface area contributed by atoms with Gasteiger partial charge in [-0.15, -0.1) is 0 Å². The predicted molar refractivity (Wildman–Crippen MR) is 152 cm³/mol. The standard InChI is InChI=1S/C31H54N2O5/c1-20(18-31(6)29(38-31)23(4)28(36-8)24(5)34)10-9-11-21(2)27-22(3)12-13-26(37-27)19-32-30(35)25-14-16-33(7)17-15-25/h9-11,20,22-29,34H,12-19H2,1-8H3,(H,32,35)/b10-9+,21-11+/t20-,22+,23-,24-,26-,27-,28-,29-,31-/m1/s1. The molecule has 0 bridgehead atoms. The Labute approximate surface area is 231 Å². The van der Waals surface area contributed by atoms with E-state index in [9.17, 15) is 9.90 Å². The zero-order chi connectivity index (χ0) is 28.0. The number of hydrogen-bond donors (Lipinski definition) is 2. The molecule has 0 radical (unpaired) electrons. The van der Waals surface area contributed by atoms with Gasteiger partial charge in [-0.1, -0.05) is 39.0 Å². The van der Waals surface area contributed by atoms with Crippen molar-refractivity contribution < 1.29 is 24.1 Å². The number of nitrogens with zero attached hydrogens (tertiary/aromatic N) is 1. The SMILES string of the molecule is CO[C@H]([C@@H](C)[C@H]1O[C@]1(C)C[C@H](C)/C=C/C=C(\C)[C@H]1O[C@@H](CNC(=O)C2CCN(C)CC2)CC[C@@H]1C)[C@@H](C)O. The molecule has 3 heterocycles. The van der Waals surface area contributed by atoms with Crippen LogP contribution in [0.3, 0.4) is 0 Å². The Kier molecular flexibility index (Phi) is 11.4. The molecule has 7 heteroatoms. The van der Waals surface area contributed by atoms with Crippen LogP contribution in [-0.4, -0.2) is 85.8 Å². The van der Waals surface area contributed by atoms with E-state index in [1.807, 2.05) is 0 Å². The molecule has 3 aliphatic heterocycles. The van der Waals surface area contributed by atoms with Gasteiger partial charge in [0.15, 0.2) is 0 Å².